The van der Waals surface area contributed by atoms with Gasteiger partial charge in [-0.2, -0.15) is 0 Å². The fourth-order valence-corrected chi connectivity index (χ4v) is 2.04. The number of sulfonamides is 1. The van der Waals surface area contributed by atoms with Crippen LogP contribution in [0.25, 0.3) is 10.4 Å². The van der Waals surface area contributed by atoms with Crippen molar-refractivity contribution in [2.24, 2.45) is 5.11 Å². The van der Waals surface area contributed by atoms with Gasteiger partial charge in [0.25, 0.3) is 0 Å². The van der Waals surface area contributed by atoms with Gasteiger partial charge in [-0.05, 0) is 23.7 Å². The van der Waals surface area contributed by atoms with Crippen molar-refractivity contribution in [3.8, 4) is 0 Å². The largest absolute Gasteiger partial charge is 0.240 e. The summed E-state index contributed by atoms with van der Waals surface area (Å²) >= 11 is 0. The number of benzene rings is 1. The van der Waals surface area contributed by atoms with Gasteiger partial charge in [-0.3, -0.25) is 0 Å². The molecule has 0 heterocycles. The number of hydrogen-bond acceptors (Lipinski definition) is 3. The van der Waals surface area contributed by atoms with E-state index in [4.69, 9.17) is 5.53 Å². The van der Waals surface area contributed by atoms with Crippen LogP contribution in [0.4, 0.5) is 4.39 Å². The minimum atomic E-state index is -3.74. The number of azide groups is 1. The first-order valence-corrected chi connectivity index (χ1v) is 5.80. The lowest BCUT2D eigenvalue weighted by molar-refractivity contribution is 0.578. The second-order valence-electron chi connectivity index (χ2n) is 2.81. The average Bonchev–Trinajstić information content (AvgIpc) is 2.24. The second-order valence-corrected chi connectivity index (χ2v) is 4.58. The smallest absolute Gasteiger partial charge is 0.211 e. The van der Waals surface area contributed by atoms with Gasteiger partial charge in [0.05, 0.1) is 4.90 Å². The first-order chi connectivity index (χ1) is 7.56. The summed E-state index contributed by atoms with van der Waals surface area (Å²) in [4.78, 5) is 2.31. The summed E-state index contributed by atoms with van der Waals surface area (Å²) in [5, 5.41) is 3.17. The van der Waals surface area contributed by atoms with Crippen LogP contribution in [0.5, 0.6) is 0 Å². The minimum absolute atomic E-state index is 0.00501. The van der Waals surface area contributed by atoms with Gasteiger partial charge in [0.2, 0.25) is 10.0 Å². The molecule has 0 saturated heterocycles. The molecule has 0 unspecified atom stereocenters. The van der Waals surface area contributed by atoms with Gasteiger partial charge in [-0.15, -0.1) is 0 Å². The van der Waals surface area contributed by atoms with Gasteiger partial charge in [0.15, 0.2) is 0 Å². The van der Waals surface area contributed by atoms with Crippen molar-refractivity contribution in [2.45, 2.75) is 4.90 Å². The summed E-state index contributed by atoms with van der Waals surface area (Å²) < 4.78 is 38.0. The minimum Gasteiger partial charge on any atom is -0.211 e. The van der Waals surface area contributed by atoms with Crippen LogP contribution in [0, 0.1) is 5.82 Å². The van der Waals surface area contributed by atoms with E-state index in [1.165, 1.54) is 12.1 Å². The van der Waals surface area contributed by atoms with E-state index >= 15 is 0 Å². The quantitative estimate of drug-likeness (QED) is 0.367. The predicted molar refractivity (Wildman–Crippen MR) is 55.6 cm³/mol. The molecule has 1 N–H and O–H groups in total. The average molecular weight is 244 g/mol. The van der Waals surface area contributed by atoms with E-state index in [-0.39, 0.29) is 18.0 Å². The number of nitrogens with zero attached hydrogens (tertiary/aromatic N) is 3. The summed E-state index contributed by atoms with van der Waals surface area (Å²) in [6.45, 7) is -0.0199. The fraction of sp³-hybridized carbons (Fsp3) is 0.250. The maximum absolute atomic E-state index is 12.8. The Kier molecular flexibility index (Phi) is 4.24. The summed E-state index contributed by atoms with van der Waals surface area (Å²) in [7, 11) is -3.74. The highest BCUT2D eigenvalue weighted by Gasteiger charge is 2.13. The molecule has 0 spiro atoms. The van der Waals surface area contributed by atoms with E-state index in [9.17, 15) is 12.8 Å². The second kappa shape index (κ2) is 5.45. The zero-order valence-corrected chi connectivity index (χ0v) is 8.98. The monoisotopic (exact) mass is 244 g/mol. The third-order valence-corrected chi connectivity index (χ3v) is 3.13. The molecular formula is C8H9FN4O2S. The molecular weight excluding hydrogens is 235 g/mol. The molecule has 6 nitrogen and oxygen atoms in total. The zero-order chi connectivity index (χ0) is 12.0. The third-order valence-electron chi connectivity index (χ3n) is 1.67. The van der Waals surface area contributed by atoms with Crippen molar-refractivity contribution in [1.29, 1.82) is 0 Å². The van der Waals surface area contributed by atoms with Crippen LogP contribution in [0.3, 0.4) is 0 Å². The van der Waals surface area contributed by atoms with Crippen LogP contribution in [-0.4, -0.2) is 21.5 Å². The van der Waals surface area contributed by atoms with Crippen LogP contribution in [0.1, 0.15) is 0 Å². The first kappa shape index (κ1) is 12.4. The number of hydrogen-bond donors (Lipinski definition) is 1. The molecule has 0 atom stereocenters. The number of rotatable bonds is 5. The molecule has 1 aromatic carbocycles. The Morgan fingerprint density at radius 1 is 1.50 bits per heavy atom. The van der Waals surface area contributed by atoms with E-state index in [1.807, 2.05) is 0 Å². The van der Waals surface area contributed by atoms with Crippen molar-refractivity contribution in [3.63, 3.8) is 0 Å². The van der Waals surface area contributed by atoms with E-state index < -0.39 is 15.8 Å². The molecule has 0 saturated carbocycles. The molecule has 0 bridgehead atoms. The van der Waals surface area contributed by atoms with E-state index in [1.54, 1.807) is 0 Å². The van der Waals surface area contributed by atoms with Gasteiger partial charge in [-0.25, -0.2) is 17.5 Å². The first-order valence-electron chi connectivity index (χ1n) is 4.32. The van der Waals surface area contributed by atoms with Crippen LogP contribution in [0.15, 0.2) is 34.3 Å². The van der Waals surface area contributed by atoms with E-state index in [2.05, 4.69) is 14.7 Å². The molecule has 0 aliphatic heterocycles. The SMILES string of the molecule is [N-]=[N+]=NCCNS(=O)(=O)c1cccc(F)c1. The predicted octanol–water partition coefficient (Wildman–Crippen LogP) is 1.41. The molecule has 16 heavy (non-hydrogen) atoms. The van der Waals surface area contributed by atoms with Gasteiger partial charge >= 0.3 is 0 Å². The van der Waals surface area contributed by atoms with Crippen LogP contribution < -0.4 is 4.72 Å². The highest BCUT2D eigenvalue weighted by Crippen LogP contribution is 2.09. The van der Waals surface area contributed by atoms with E-state index in [0.29, 0.717) is 0 Å². The zero-order valence-electron chi connectivity index (χ0n) is 8.17. The molecule has 0 aliphatic carbocycles. The molecule has 0 fully saturated rings. The Hall–Kier alpha value is -1.63. The van der Waals surface area contributed by atoms with Gasteiger partial charge in [0, 0.05) is 18.0 Å². The Labute approximate surface area is 91.8 Å². The summed E-state index contributed by atoms with van der Waals surface area (Å²) in [6, 6.07) is 4.64. The van der Waals surface area contributed by atoms with Crippen LogP contribution in [0.2, 0.25) is 0 Å². The van der Waals surface area contributed by atoms with Crippen molar-refractivity contribution < 1.29 is 12.8 Å². The van der Waals surface area contributed by atoms with Crippen LogP contribution >= 0.6 is 0 Å². The fourth-order valence-electron chi connectivity index (χ4n) is 0.992. The standard InChI is InChI=1S/C8H9FN4O2S/c9-7-2-1-3-8(6-7)16(14,15)12-5-4-11-13-10/h1-3,6,12H,4-5H2. The van der Waals surface area contributed by atoms with Crippen molar-refractivity contribution >= 4 is 10.0 Å². The van der Waals surface area contributed by atoms with Gasteiger partial charge in [0.1, 0.15) is 5.82 Å². The molecule has 0 radical (unpaired) electrons. The number of halogens is 1. The molecule has 0 amide bonds. The van der Waals surface area contributed by atoms with Gasteiger partial charge in [-0.1, -0.05) is 11.2 Å². The lowest BCUT2D eigenvalue weighted by atomic mass is 10.4. The van der Waals surface area contributed by atoms with Crippen LogP contribution in [-0.2, 0) is 10.0 Å². The molecule has 1 rings (SSSR count). The highest BCUT2D eigenvalue weighted by molar-refractivity contribution is 7.89. The Morgan fingerprint density at radius 3 is 2.88 bits per heavy atom. The summed E-state index contributed by atoms with van der Waals surface area (Å²) in [6.07, 6.45) is 0. The maximum atomic E-state index is 12.8. The highest BCUT2D eigenvalue weighted by atomic mass is 32.2. The summed E-state index contributed by atoms with van der Waals surface area (Å²) in [5.41, 5.74) is 7.98. The topological polar surface area (TPSA) is 94.9 Å². The Bertz CT molecular complexity index is 511. The Morgan fingerprint density at radius 2 is 2.25 bits per heavy atom. The van der Waals surface area contributed by atoms with Crippen molar-refractivity contribution in [3.05, 3.63) is 40.5 Å². The molecule has 0 aliphatic rings. The maximum Gasteiger partial charge on any atom is 0.240 e. The van der Waals surface area contributed by atoms with Crippen molar-refractivity contribution in [2.75, 3.05) is 13.1 Å². The van der Waals surface area contributed by atoms with Gasteiger partial charge < -0.3 is 0 Å². The Balaban J connectivity index is 2.74. The third kappa shape index (κ3) is 3.50. The normalized spacial score (nSPS) is 10.8. The lowest BCUT2D eigenvalue weighted by Gasteiger charge is -2.04. The summed E-state index contributed by atoms with van der Waals surface area (Å²) in [5.74, 6) is -0.627. The lowest BCUT2D eigenvalue weighted by Crippen LogP contribution is -2.26. The van der Waals surface area contributed by atoms with Crippen molar-refractivity contribution in [1.82, 2.24) is 4.72 Å². The molecule has 1 aromatic rings. The molecule has 8 heteroatoms. The van der Waals surface area contributed by atoms with E-state index in [0.717, 1.165) is 12.1 Å². The number of nitrogens with one attached hydrogen (secondary N) is 1. The molecule has 0 aromatic heterocycles. The molecule has 86 valence electrons.